The van der Waals surface area contributed by atoms with Crippen LogP contribution in [-0.2, 0) is 6.54 Å². The third-order valence-electron chi connectivity index (χ3n) is 3.99. The molecule has 0 radical (unpaired) electrons. The highest BCUT2D eigenvalue weighted by molar-refractivity contribution is 5.27. The van der Waals surface area contributed by atoms with Crippen LogP contribution in [0.2, 0.25) is 0 Å². The Balaban J connectivity index is 1.94. The molecule has 17 heavy (non-hydrogen) atoms. The van der Waals surface area contributed by atoms with Gasteiger partial charge >= 0.3 is 0 Å². The molecule has 0 unspecified atom stereocenters. The molecule has 1 aromatic rings. The van der Waals surface area contributed by atoms with E-state index >= 15 is 0 Å². The van der Waals surface area contributed by atoms with E-state index in [4.69, 9.17) is 0 Å². The zero-order chi connectivity index (χ0) is 12.3. The Morgan fingerprint density at radius 2 is 2.24 bits per heavy atom. The lowest BCUT2D eigenvalue weighted by molar-refractivity contribution is 0.0737. The SMILES string of the molecule is CCCn1ccnc1NCC1(N(C)C)CCC1. The van der Waals surface area contributed by atoms with Crippen molar-refractivity contribution in [3.05, 3.63) is 12.4 Å². The van der Waals surface area contributed by atoms with E-state index in [1.165, 1.54) is 19.3 Å². The fourth-order valence-electron chi connectivity index (χ4n) is 2.51. The summed E-state index contributed by atoms with van der Waals surface area (Å²) in [5.74, 6) is 1.01. The van der Waals surface area contributed by atoms with Crippen LogP contribution in [0.5, 0.6) is 0 Å². The van der Waals surface area contributed by atoms with E-state index in [1.54, 1.807) is 0 Å². The molecule has 1 saturated carbocycles. The van der Waals surface area contributed by atoms with Crippen LogP contribution >= 0.6 is 0 Å². The third kappa shape index (κ3) is 2.46. The molecule has 0 aromatic carbocycles. The van der Waals surface area contributed by atoms with Crippen molar-refractivity contribution in [1.82, 2.24) is 14.5 Å². The van der Waals surface area contributed by atoms with Crippen LogP contribution in [0, 0.1) is 0 Å². The molecule has 0 bridgehead atoms. The van der Waals surface area contributed by atoms with Gasteiger partial charge in [0.25, 0.3) is 0 Å². The number of rotatable bonds is 6. The molecule has 4 heteroatoms. The molecule has 2 rings (SSSR count). The number of aromatic nitrogens is 2. The van der Waals surface area contributed by atoms with Crippen LogP contribution in [0.3, 0.4) is 0 Å². The molecule has 0 saturated heterocycles. The lowest BCUT2D eigenvalue weighted by atomic mass is 9.75. The number of likely N-dealkylation sites (N-methyl/N-ethyl adjacent to an activating group) is 1. The molecule has 1 aliphatic rings. The maximum atomic E-state index is 4.39. The number of aryl methyl sites for hydroxylation is 1. The zero-order valence-electron chi connectivity index (χ0n) is 11.2. The smallest absolute Gasteiger partial charge is 0.202 e. The zero-order valence-corrected chi connectivity index (χ0v) is 11.2. The van der Waals surface area contributed by atoms with Crippen LogP contribution in [0.25, 0.3) is 0 Å². The molecule has 96 valence electrons. The summed E-state index contributed by atoms with van der Waals surface area (Å²) in [5, 5.41) is 3.51. The van der Waals surface area contributed by atoms with E-state index < -0.39 is 0 Å². The molecular weight excluding hydrogens is 212 g/mol. The topological polar surface area (TPSA) is 33.1 Å². The largest absolute Gasteiger partial charge is 0.354 e. The van der Waals surface area contributed by atoms with Crippen molar-refractivity contribution in [2.24, 2.45) is 0 Å². The molecule has 4 nitrogen and oxygen atoms in total. The highest BCUT2D eigenvalue weighted by Crippen LogP contribution is 2.36. The first-order chi connectivity index (χ1) is 8.18. The minimum absolute atomic E-state index is 0.350. The van der Waals surface area contributed by atoms with E-state index in [-0.39, 0.29) is 0 Å². The summed E-state index contributed by atoms with van der Waals surface area (Å²) in [4.78, 5) is 6.75. The molecule has 1 N–H and O–H groups in total. The fourth-order valence-corrected chi connectivity index (χ4v) is 2.51. The second kappa shape index (κ2) is 5.08. The van der Waals surface area contributed by atoms with E-state index in [0.717, 1.165) is 25.5 Å². The van der Waals surface area contributed by atoms with Crippen molar-refractivity contribution in [2.45, 2.75) is 44.7 Å². The Hall–Kier alpha value is -1.03. The van der Waals surface area contributed by atoms with Crippen LogP contribution in [0.4, 0.5) is 5.95 Å². The van der Waals surface area contributed by atoms with Gasteiger partial charge in [-0.3, -0.25) is 0 Å². The standard InChI is InChI=1S/C13H24N4/c1-4-9-17-10-8-14-12(17)15-11-13(16(2)3)6-5-7-13/h8,10H,4-7,9,11H2,1-3H3,(H,14,15). The monoisotopic (exact) mass is 236 g/mol. The van der Waals surface area contributed by atoms with Crippen molar-refractivity contribution >= 4 is 5.95 Å². The molecule has 0 atom stereocenters. The molecule has 1 heterocycles. The van der Waals surface area contributed by atoms with Gasteiger partial charge in [0.15, 0.2) is 0 Å². The number of hydrogen-bond donors (Lipinski definition) is 1. The summed E-state index contributed by atoms with van der Waals surface area (Å²) in [6.45, 7) is 4.23. The maximum Gasteiger partial charge on any atom is 0.202 e. The van der Waals surface area contributed by atoms with Gasteiger partial charge in [0.2, 0.25) is 5.95 Å². The van der Waals surface area contributed by atoms with Crippen LogP contribution < -0.4 is 5.32 Å². The number of hydrogen-bond acceptors (Lipinski definition) is 3. The van der Waals surface area contributed by atoms with E-state index in [9.17, 15) is 0 Å². The molecule has 0 aliphatic heterocycles. The minimum Gasteiger partial charge on any atom is -0.354 e. The summed E-state index contributed by atoms with van der Waals surface area (Å²) in [7, 11) is 4.36. The normalized spacial score (nSPS) is 18.1. The second-order valence-corrected chi connectivity index (χ2v) is 5.27. The van der Waals surface area contributed by atoms with Gasteiger partial charge in [0.1, 0.15) is 0 Å². The molecule has 1 aromatic heterocycles. The first-order valence-corrected chi connectivity index (χ1v) is 6.60. The van der Waals surface area contributed by atoms with E-state index in [0.29, 0.717) is 5.54 Å². The first-order valence-electron chi connectivity index (χ1n) is 6.60. The van der Waals surface area contributed by atoms with Gasteiger partial charge in [0, 0.05) is 31.0 Å². The van der Waals surface area contributed by atoms with Gasteiger partial charge in [-0.2, -0.15) is 0 Å². The summed E-state index contributed by atoms with van der Waals surface area (Å²) < 4.78 is 2.20. The number of nitrogens with one attached hydrogen (secondary N) is 1. The van der Waals surface area contributed by atoms with E-state index in [1.807, 2.05) is 6.20 Å². The minimum atomic E-state index is 0.350. The van der Waals surface area contributed by atoms with Gasteiger partial charge in [0.05, 0.1) is 0 Å². The second-order valence-electron chi connectivity index (χ2n) is 5.27. The van der Waals surface area contributed by atoms with Crippen molar-refractivity contribution < 1.29 is 0 Å². The predicted octanol–water partition coefficient (Wildman–Crippen LogP) is 2.19. The van der Waals surface area contributed by atoms with Crippen molar-refractivity contribution in [3.63, 3.8) is 0 Å². The average Bonchev–Trinajstić information content (AvgIpc) is 2.64. The Morgan fingerprint density at radius 1 is 1.47 bits per heavy atom. The summed E-state index contributed by atoms with van der Waals surface area (Å²) >= 11 is 0. The third-order valence-corrected chi connectivity index (χ3v) is 3.99. The fraction of sp³-hybridized carbons (Fsp3) is 0.769. The average molecular weight is 236 g/mol. The van der Waals surface area contributed by atoms with Gasteiger partial charge in [-0.25, -0.2) is 4.98 Å². The van der Waals surface area contributed by atoms with Crippen molar-refractivity contribution in [1.29, 1.82) is 0 Å². The highest BCUT2D eigenvalue weighted by atomic mass is 15.2. The Kier molecular flexibility index (Phi) is 3.72. The summed E-state index contributed by atoms with van der Waals surface area (Å²) in [5.41, 5.74) is 0.350. The molecule has 1 fully saturated rings. The summed E-state index contributed by atoms with van der Waals surface area (Å²) in [6, 6.07) is 0. The maximum absolute atomic E-state index is 4.39. The Labute approximate surface area is 104 Å². The van der Waals surface area contributed by atoms with Gasteiger partial charge in [-0.1, -0.05) is 6.92 Å². The molecule has 0 amide bonds. The number of imidazole rings is 1. The van der Waals surface area contributed by atoms with Crippen LogP contribution in [0.1, 0.15) is 32.6 Å². The lowest BCUT2D eigenvalue weighted by Gasteiger charge is -2.47. The number of nitrogens with zero attached hydrogens (tertiary/aromatic N) is 3. The summed E-state index contributed by atoms with van der Waals surface area (Å²) in [6.07, 6.45) is 9.01. The van der Waals surface area contributed by atoms with Gasteiger partial charge < -0.3 is 14.8 Å². The van der Waals surface area contributed by atoms with Crippen molar-refractivity contribution in [3.8, 4) is 0 Å². The van der Waals surface area contributed by atoms with Gasteiger partial charge in [-0.15, -0.1) is 0 Å². The first kappa shape index (κ1) is 12.4. The predicted molar refractivity (Wildman–Crippen MR) is 71.3 cm³/mol. The van der Waals surface area contributed by atoms with Gasteiger partial charge in [-0.05, 0) is 39.8 Å². The van der Waals surface area contributed by atoms with Crippen LogP contribution in [-0.4, -0.2) is 40.6 Å². The van der Waals surface area contributed by atoms with E-state index in [2.05, 4.69) is 47.0 Å². The number of anilines is 1. The molecular formula is C13H24N4. The Bertz CT molecular complexity index is 352. The van der Waals surface area contributed by atoms with Crippen molar-refractivity contribution in [2.75, 3.05) is 26.0 Å². The highest BCUT2D eigenvalue weighted by Gasteiger charge is 2.38. The molecule has 1 aliphatic carbocycles. The quantitative estimate of drug-likeness (QED) is 0.822. The lowest BCUT2D eigenvalue weighted by Crippen LogP contribution is -2.54. The molecule has 0 spiro atoms. The van der Waals surface area contributed by atoms with Crippen LogP contribution in [0.15, 0.2) is 12.4 Å². The Morgan fingerprint density at radius 3 is 2.76 bits per heavy atom.